The van der Waals surface area contributed by atoms with Gasteiger partial charge in [-0.2, -0.15) is 0 Å². The zero-order valence-electron chi connectivity index (χ0n) is 11.5. The maximum Gasteiger partial charge on any atom is 0.317 e. The lowest BCUT2D eigenvalue weighted by atomic mass is 10.00. The van der Waals surface area contributed by atoms with Crippen molar-refractivity contribution in [3.8, 4) is 0 Å². The summed E-state index contributed by atoms with van der Waals surface area (Å²) in [4.78, 5) is 26.9. The van der Waals surface area contributed by atoms with Crippen LogP contribution in [0.25, 0.3) is 0 Å². The molecule has 2 unspecified atom stereocenters. The molecule has 6 nitrogen and oxygen atoms in total. The van der Waals surface area contributed by atoms with Crippen molar-refractivity contribution in [3.05, 3.63) is 0 Å². The molecule has 0 aliphatic carbocycles. The van der Waals surface area contributed by atoms with Crippen LogP contribution < -0.4 is 5.32 Å². The number of hydrogen-bond acceptors (Lipinski definition) is 3. The van der Waals surface area contributed by atoms with Crippen LogP contribution >= 0.6 is 0 Å². The number of carboxylic acids is 1. The Morgan fingerprint density at radius 1 is 1.32 bits per heavy atom. The fourth-order valence-corrected chi connectivity index (χ4v) is 2.96. The minimum atomic E-state index is -0.884. The predicted molar refractivity (Wildman–Crippen MR) is 71.0 cm³/mol. The summed E-state index contributed by atoms with van der Waals surface area (Å²) in [6.07, 6.45) is 3.63. The summed E-state index contributed by atoms with van der Waals surface area (Å²) in [6, 6.07) is 0.0383. The Morgan fingerprint density at radius 2 is 2.11 bits per heavy atom. The van der Waals surface area contributed by atoms with Gasteiger partial charge in [0.05, 0.1) is 6.42 Å². The number of fused-ring (bicyclic) bond motifs is 1. The molecule has 2 saturated heterocycles. The van der Waals surface area contributed by atoms with Crippen molar-refractivity contribution < 1.29 is 14.7 Å². The lowest BCUT2D eigenvalue weighted by Gasteiger charge is -2.44. The van der Waals surface area contributed by atoms with E-state index in [4.69, 9.17) is 5.11 Å². The molecule has 2 rings (SSSR count). The average Bonchev–Trinajstić information content (AvgIpc) is 2.37. The molecule has 0 aromatic rings. The topological polar surface area (TPSA) is 72.9 Å². The quantitative estimate of drug-likeness (QED) is 0.792. The SMILES string of the molecule is CC(CC(=O)O)NC(=O)N1CCN2CCCCC2C1. The molecule has 2 aliphatic rings. The van der Waals surface area contributed by atoms with Crippen LogP contribution in [0.3, 0.4) is 0 Å². The third kappa shape index (κ3) is 3.83. The molecule has 6 heteroatoms. The van der Waals surface area contributed by atoms with E-state index in [-0.39, 0.29) is 18.5 Å². The Kier molecular flexibility index (Phi) is 4.63. The second-order valence-electron chi connectivity index (χ2n) is 5.58. The third-order valence-electron chi connectivity index (χ3n) is 3.98. The second-order valence-corrected chi connectivity index (χ2v) is 5.58. The normalized spacial score (nSPS) is 25.5. The zero-order chi connectivity index (χ0) is 13.8. The van der Waals surface area contributed by atoms with E-state index < -0.39 is 5.97 Å². The summed E-state index contributed by atoms with van der Waals surface area (Å²) in [5.41, 5.74) is 0. The van der Waals surface area contributed by atoms with Gasteiger partial charge in [0.1, 0.15) is 0 Å². The number of piperidine rings is 1. The molecule has 19 heavy (non-hydrogen) atoms. The fourth-order valence-electron chi connectivity index (χ4n) is 2.96. The van der Waals surface area contributed by atoms with E-state index in [1.54, 1.807) is 6.92 Å². The first-order chi connectivity index (χ1) is 9.06. The van der Waals surface area contributed by atoms with Crippen LogP contribution in [0, 0.1) is 0 Å². The minimum Gasteiger partial charge on any atom is -0.481 e. The molecule has 0 aromatic heterocycles. The molecule has 2 aliphatic heterocycles. The van der Waals surface area contributed by atoms with Gasteiger partial charge in [-0.3, -0.25) is 9.69 Å². The molecular weight excluding hydrogens is 246 g/mol. The number of hydrogen-bond donors (Lipinski definition) is 2. The maximum atomic E-state index is 12.1. The molecular formula is C13H23N3O3. The highest BCUT2D eigenvalue weighted by Crippen LogP contribution is 2.21. The largest absolute Gasteiger partial charge is 0.481 e. The van der Waals surface area contributed by atoms with Crippen LogP contribution in [-0.4, -0.2) is 65.2 Å². The minimum absolute atomic E-state index is 0.0326. The van der Waals surface area contributed by atoms with Crippen molar-refractivity contribution in [2.45, 2.75) is 44.7 Å². The summed E-state index contributed by atoms with van der Waals surface area (Å²) in [6.45, 7) is 5.32. The highest BCUT2D eigenvalue weighted by atomic mass is 16.4. The van der Waals surface area contributed by atoms with Crippen molar-refractivity contribution in [1.82, 2.24) is 15.1 Å². The fraction of sp³-hybridized carbons (Fsp3) is 0.846. The van der Waals surface area contributed by atoms with Gasteiger partial charge in [-0.05, 0) is 26.3 Å². The second kappa shape index (κ2) is 6.23. The number of carbonyl (C=O) groups excluding carboxylic acids is 1. The van der Waals surface area contributed by atoms with E-state index in [2.05, 4.69) is 10.2 Å². The molecule has 108 valence electrons. The van der Waals surface area contributed by atoms with Crippen LogP contribution in [0.15, 0.2) is 0 Å². The Hall–Kier alpha value is -1.30. The number of piperazine rings is 1. The first kappa shape index (κ1) is 14.1. The molecule has 0 saturated carbocycles. The van der Waals surface area contributed by atoms with Crippen LogP contribution in [0.4, 0.5) is 4.79 Å². The molecule has 0 radical (unpaired) electrons. The smallest absolute Gasteiger partial charge is 0.317 e. The van der Waals surface area contributed by atoms with Crippen LogP contribution in [0.5, 0.6) is 0 Å². The van der Waals surface area contributed by atoms with Gasteiger partial charge in [0, 0.05) is 31.7 Å². The van der Waals surface area contributed by atoms with Crippen molar-refractivity contribution in [3.63, 3.8) is 0 Å². The van der Waals surface area contributed by atoms with Gasteiger partial charge in [-0.25, -0.2) is 4.79 Å². The monoisotopic (exact) mass is 269 g/mol. The number of aliphatic carboxylic acids is 1. The molecule has 0 aromatic carbocycles. The molecule has 2 heterocycles. The highest BCUT2D eigenvalue weighted by molar-refractivity contribution is 5.76. The molecule has 2 N–H and O–H groups in total. The summed E-state index contributed by atoms with van der Waals surface area (Å²) in [5, 5.41) is 11.5. The number of rotatable bonds is 3. The Bertz CT molecular complexity index is 348. The van der Waals surface area contributed by atoms with E-state index >= 15 is 0 Å². The lowest BCUT2D eigenvalue weighted by molar-refractivity contribution is -0.137. The first-order valence-electron chi connectivity index (χ1n) is 7.07. The summed E-state index contributed by atoms with van der Waals surface area (Å²) < 4.78 is 0. The summed E-state index contributed by atoms with van der Waals surface area (Å²) in [5.74, 6) is -0.884. The van der Waals surface area contributed by atoms with Crippen LogP contribution in [-0.2, 0) is 4.79 Å². The predicted octanol–water partition coefficient (Wildman–Crippen LogP) is 0.729. The van der Waals surface area contributed by atoms with Gasteiger partial charge >= 0.3 is 12.0 Å². The zero-order valence-corrected chi connectivity index (χ0v) is 11.5. The number of nitrogens with one attached hydrogen (secondary N) is 1. The van der Waals surface area contributed by atoms with E-state index in [1.165, 1.54) is 12.8 Å². The number of nitrogens with zero attached hydrogens (tertiary/aromatic N) is 2. The van der Waals surface area contributed by atoms with Gasteiger partial charge in [0.2, 0.25) is 0 Å². The number of urea groups is 1. The van der Waals surface area contributed by atoms with E-state index in [9.17, 15) is 9.59 Å². The van der Waals surface area contributed by atoms with E-state index in [0.717, 1.165) is 32.6 Å². The molecule has 0 bridgehead atoms. The Balaban J connectivity index is 1.81. The molecule has 2 fully saturated rings. The Labute approximate surface area is 113 Å². The molecule has 0 spiro atoms. The van der Waals surface area contributed by atoms with E-state index in [1.807, 2.05) is 4.90 Å². The Morgan fingerprint density at radius 3 is 2.84 bits per heavy atom. The van der Waals surface area contributed by atoms with Crippen molar-refractivity contribution in [2.24, 2.45) is 0 Å². The number of carboxylic acid groups (broad SMARTS) is 1. The van der Waals surface area contributed by atoms with Crippen LogP contribution in [0.1, 0.15) is 32.6 Å². The van der Waals surface area contributed by atoms with Gasteiger partial charge in [0.25, 0.3) is 0 Å². The van der Waals surface area contributed by atoms with Gasteiger partial charge in [-0.1, -0.05) is 6.42 Å². The van der Waals surface area contributed by atoms with Crippen molar-refractivity contribution >= 4 is 12.0 Å². The third-order valence-corrected chi connectivity index (χ3v) is 3.98. The van der Waals surface area contributed by atoms with Crippen molar-refractivity contribution in [2.75, 3.05) is 26.2 Å². The summed E-state index contributed by atoms with van der Waals surface area (Å²) in [7, 11) is 0. The number of amides is 2. The first-order valence-corrected chi connectivity index (χ1v) is 7.07. The molecule has 2 amide bonds. The standard InChI is InChI=1S/C13H23N3O3/c1-10(8-12(17)18)14-13(19)16-7-6-15-5-3-2-4-11(15)9-16/h10-11H,2-9H2,1H3,(H,14,19)(H,17,18). The van der Waals surface area contributed by atoms with E-state index in [0.29, 0.717) is 6.04 Å². The lowest BCUT2D eigenvalue weighted by Crippen LogP contribution is -2.58. The van der Waals surface area contributed by atoms with Crippen molar-refractivity contribution in [1.29, 1.82) is 0 Å². The van der Waals surface area contributed by atoms with Gasteiger partial charge in [0.15, 0.2) is 0 Å². The van der Waals surface area contributed by atoms with Gasteiger partial charge in [-0.15, -0.1) is 0 Å². The molecule has 2 atom stereocenters. The average molecular weight is 269 g/mol. The van der Waals surface area contributed by atoms with Crippen LogP contribution in [0.2, 0.25) is 0 Å². The number of carbonyl (C=O) groups is 2. The highest BCUT2D eigenvalue weighted by Gasteiger charge is 2.31. The maximum absolute atomic E-state index is 12.1. The summed E-state index contributed by atoms with van der Waals surface area (Å²) >= 11 is 0. The van der Waals surface area contributed by atoms with Gasteiger partial charge < -0.3 is 15.3 Å².